The molecule has 0 fully saturated rings. The highest BCUT2D eigenvalue weighted by Crippen LogP contribution is 2.25. The van der Waals surface area contributed by atoms with Crippen LogP contribution in [0, 0.1) is 5.82 Å². The van der Waals surface area contributed by atoms with Crippen molar-refractivity contribution in [2.24, 2.45) is 0 Å². The average Bonchev–Trinajstić information content (AvgIpc) is 2.73. The van der Waals surface area contributed by atoms with Crippen LogP contribution in [0.25, 0.3) is 0 Å². The first-order valence-corrected chi connectivity index (χ1v) is 6.44. The van der Waals surface area contributed by atoms with Gasteiger partial charge in [0.15, 0.2) is 0 Å². The number of fused-ring (bicyclic) bond motifs is 1. The molecule has 1 aliphatic rings. The Hall–Kier alpha value is -2.53. The van der Waals surface area contributed by atoms with Crippen LogP contribution in [0.3, 0.4) is 0 Å². The molecule has 2 aromatic carbocycles. The number of hydrogen-bond acceptors (Lipinski definition) is 3. The van der Waals surface area contributed by atoms with Gasteiger partial charge in [0.25, 0.3) is 11.8 Å². The maximum atomic E-state index is 13.2. The summed E-state index contributed by atoms with van der Waals surface area (Å²) in [5.74, 6) is -1.44. The summed E-state index contributed by atoms with van der Waals surface area (Å²) in [7, 11) is 0. The Bertz CT molecular complexity index is 725. The van der Waals surface area contributed by atoms with Crippen LogP contribution < -0.4 is 0 Å². The van der Waals surface area contributed by atoms with Gasteiger partial charge in [-0.2, -0.15) is 0 Å². The lowest BCUT2D eigenvalue weighted by molar-refractivity contribution is 0.0642. The summed E-state index contributed by atoms with van der Waals surface area (Å²) in [5.41, 5.74) is 1.85. The van der Waals surface area contributed by atoms with E-state index in [2.05, 4.69) is 0 Å². The quantitative estimate of drug-likeness (QED) is 0.879. The molecule has 0 unspecified atom stereocenters. The molecule has 1 N–H and O–H groups in total. The third-order valence-corrected chi connectivity index (χ3v) is 3.48. The minimum Gasteiger partial charge on any atom is -0.392 e. The zero-order valence-electron chi connectivity index (χ0n) is 11.0. The van der Waals surface area contributed by atoms with Gasteiger partial charge in [0.1, 0.15) is 5.82 Å². The topological polar surface area (TPSA) is 57.6 Å². The van der Waals surface area contributed by atoms with E-state index in [1.54, 1.807) is 24.3 Å². The number of hydrogen-bond donors (Lipinski definition) is 1. The Morgan fingerprint density at radius 2 is 1.52 bits per heavy atom. The summed E-state index contributed by atoms with van der Waals surface area (Å²) in [6.45, 7) is 0.0618. The molecule has 0 bridgehead atoms. The van der Waals surface area contributed by atoms with Crippen molar-refractivity contribution < 1.29 is 19.1 Å². The fraction of sp³-hybridized carbons (Fsp3) is 0.125. The van der Waals surface area contributed by atoms with Gasteiger partial charge in [-0.25, -0.2) is 4.39 Å². The molecule has 3 rings (SSSR count). The largest absolute Gasteiger partial charge is 0.392 e. The molecular formula is C16H12FNO3. The van der Waals surface area contributed by atoms with Crippen molar-refractivity contribution in [3.8, 4) is 0 Å². The molecule has 106 valence electrons. The SMILES string of the molecule is O=C1c2ccc(F)cc2C(=O)N1Cc1ccc(CO)cc1. The first-order chi connectivity index (χ1) is 10.1. The standard InChI is InChI=1S/C16H12FNO3/c17-12-5-6-13-14(7-12)16(21)18(15(13)20)8-10-1-3-11(9-19)4-2-10/h1-7,19H,8-9H2. The molecule has 0 aromatic heterocycles. The predicted octanol–water partition coefficient (Wildman–Crippen LogP) is 2.11. The molecule has 2 amide bonds. The molecule has 0 spiro atoms. The van der Waals surface area contributed by atoms with Crippen LogP contribution in [0.5, 0.6) is 0 Å². The highest BCUT2D eigenvalue weighted by atomic mass is 19.1. The van der Waals surface area contributed by atoms with Crippen molar-refractivity contribution in [1.29, 1.82) is 0 Å². The minimum absolute atomic E-state index is 0.0629. The highest BCUT2D eigenvalue weighted by molar-refractivity contribution is 6.21. The van der Waals surface area contributed by atoms with E-state index in [-0.39, 0.29) is 24.3 Å². The molecule has 21 heavy (non-hydrogen) atoms. The van der Waals surface area contributed by atoms with E-state index in [0.29, 0.717) is 0 Å². The van der Waals surface area contributed by atoms with Crippen molar-refractivity contribution in [3.05, 3.63) is 70.5 Å². The average molecular weight is 285 g/mol. The maximum Gasteiger partial charge on any atom is 0.261 e. The van der Waals surface area contributed by atoms with E-state index < -0.39 is 17.6 Å². The third kappa shape index (κ3) is 2.32. The van der Waals surface area contributed by atoms with Crippen LogP contribution in [0.1, 0.15) is 31.8 Å². The number of aliphatic hydroxyl groups excluding tert-OH is 1. The van der Waals surface area contributed by atoms with E-state index in [4.69, 9.17) is 5.11 Å². The first-order valence-electron chi connectivity index (χ1n) is 6.44. The second-order valence-corrected chi connectivity index (χ2v) is 4.86. The number of nitrogens with zero attached hydrogens (tertiary/aromatic N) is 1. The number of carbonyl (C=O) groups excluding carboxylic acids is 2. The summed E-state index contributed by atoms with van der Waals surface area (Å²) < 4.78 is 13.2. The zero-order chi connectivity index (χ0) is 15.0. The van der Waals surface area contributed by atoms with Crippen molar-refractivity contribution in [2.45, 2.75) is 13.2 Å². The molecule has 4 nitrogen and oxygen atoms in total. The normalized spacial score (nSPS) is 13.7. The first kappa shape index (κ1) is 13.5. The number of imide groups is 1. The Morgan fingerprint density at radius 1 is 0.905 bits per heavy atom. The van der Waals surface area contributed by atoms with Gasteiger partial charge in [-0.15, -0.1) is 0 Å². The predicted molar refractivity (Wildman–Crippen MR) is 73.0 cm³/mol. The number of aliphatic hydroxyl groups is 1. The maximum absolute atomic E-state index is 13.2. The Balaban J connectivity index is 1.87. The highest BCUT2D eigenvalue weighted by Gasteiger charge is 2.35. The lowest BCUT2D eigenvalue weighted by Gasteiger charge is -2.14. The second kappa shape index (κ2) is 5.10. The molecule has 1 aliphatic heterocycles. The Labute approximate surface area is 120 Å². The van der Waals surface area contributed by atoms with Gasteiger partial charge in [-0.05, 0) is 29.3 Å². The van der Waals surface area contributed by atoms with Crippen LogP contribution in [-0.4, -0.2) is 21.8 Å². The lowest BCUT2D eigenvalue weighted by Crippen LogP contribution is -2.29. The Morgan fingerprint density at radius 3 is 2.19 bits per heavy atom. The Kier molecular flexibility index (Phi) is 3.27. The van der Waals surface area contributed by atoms with Gasteiger partial charge in [-0.1, -0.05) is 24.3 Å². The van der Waals surface area contributed by atoms with Gasteiger partial charge in [-0.3, -0.25) is 14.5 Å². The van der Waals surface area contributed by atoms with E-state index in [0.717, 1.165) is 22.1 Å². The molecule has 0 aliphatic carbocycles. The summed E-state index contributed by atoms with van der Waals surface area (Å²) in [6.07, 6.45) is 0. The molecule has 0 radical (unpaired) electrons. The molecule has 5 heteroatoms. The number of halogens is 1. The van der Waals surface area contributed by atoms with Gasteiger partial charge in [0.2, 0.25) is 0 Å². The minimum atomic E-state index is -0.538. The smallest absolute Gasteiger partial charge is 0.261 e. The molecule has 1 heterocycles. The summed E-state index contributed by atoms with van der Waals surface area (Å²) in [4.78, 5) is 25.5. The second-order valence-electron chi connectivity index (χ2n) is 4.86. The lowest BCUT2D eigenvalue weighted by atomic mass is 10.1. The van der Waals surface area contributed by atoms with Crippen LogP contribution in [0.15, 0.2) is 42.5 Å². The van der Waals surface area contributed by atoms with Gasteiger partial charge in [0, 0.05) is 0 Å². The molecular weight excluding hydrogens is 273 g/mol. The fourth-order valence-corrected chi connectivity index (χ4v) is 2.34. The van der Waals surface area contributed by atoms with Gasteiger partial charge < -0.3 is 5.11 Å². The number of benzene rings is 2. The third-order valence-electron chi connectivity index (χ3n) is 3.48. The molecule has 0 atom stereocenters. The van der Waals surface area contributed by atoms with Crippen LogP contribution in [-0.2, 0) is 13.2 Å². The van der Waals surface area contributed by atoms with Gasteiger partial charge >= 0.3 is 0 Å². The van der Waals surface area contributed by atoms with Crippen molar-refractivity contribution in [3.63, 3.8) is 0 Å². The molecule has 0 saturated heterocycles. The van der Waals surface area contributed by atoms with Crippen LogP contribution in [0.4, 0.5) is 4.39 Å². The van der Waals surface area contributed by atoms with E-state index in [1.807, 2.05) is 0 Å². The van der Waals surface area contributed by atoms with Crippen molar-refractivity contribution >= 4 is 11.8 Å². The monoisotopic (exact) mass is 285 g/mol. The van der Waals surface area contributed by atoms with Crippen LogP contribution in [0.2, 0.25) is 0 Å². The fourth-order valence-electron chi connectivity index (χ4n) is 2.34. The van der Waals surface area contributed by atoms with Crippen molar-refractivity contribution in [2.75, 3.05) is 0 Å². The van der Waals surface area contributed by atoms with Crippen molar-refractivity contribution in [1.82, 2.24) is 4.90 Å². The molecule has 0 saturated carbocycles. The number of carbonyl (C=O) groups is 2. The summed E-state index contributed by atoms with van der Waals surface area (Å²) >= 11 is 0. The summed E-state index contributed by atoms with van der Waals surface area (Å²) in [5, 5.41) is 8.99. The number of amides is 2. The van der Waals surface area contributed by atoms with E-state index in [1.165, 1.54) is 12.1 Å². The summed E-state index contributed by atoms with van der Waals surface area (Å²) in [6, 6.07) is 10.5. The van der Waals surface area contributed by atoms with Crippen LogP contribution >= 0.6 is 0 Å². The zero-order valence-corrected chi connectivity index (χ0v) is 11.0. The van der Waals surface area contributed by atoms with Gasteiger partial charge in [0.05, 0.1) is 24.3 Å². The van der Waals surface area contributed by atoms with E-state index >= 15 is 0 Å². The molecule has 2 aromatic rings. The van der Waals surface area contributed by atoms with E-state index in [9.17, 15) is 14.0 Å². The number of rotatable bonds is 3.